The molecule has 0 aliphatic heterocycles. The van der Waals surface area contributed by atoms with E-state index in [4.69, 9.17) is 4.42 Å². The summed E-state index contributed by atoms with van der Waals surface area (Å²) in [5.41, 5.74) is 23.1. The van der Waals surface area contributed by atoms with Gasteiger partial charge in [0.25, 0.3) is 0 Å². The first-order valence-electron chi connectivity index (χ1n) is 31.1. The third-order valence-electron chi connectivity index (χ3n) is 17.4. The van der Waals surface area contributed by atoms with Crippen LogP contribution in [0.15, 0.2) is 254 Å². The molecular weight excluding hydrogens is 1030 g/mol. The molecule has 11 aromatic rings. The van der Waals surface area contributed by atoms with Crippen molar-refractivity contribution in [2.75, 3.05) is 0 Å². The average Bonchev–Trinajstić information content (AvgIpc) is 1.62. The molecule has 0 amide bonds. The zero-order valence-corrected chi connectivity index (χ0v) is 51.3. The largest absolute Gasteiger partial charge is 0.456 e. The Labute approximate surface area is 506 Å². The van der Waals surface area contributed by atoms with Gasteiger partial charge in [-0.3, -0.25) is 0 Å². The fourth-order valence-corrected chi connectivity index (χ4v) is 13.9. The van der Waals surface area contributed by atoms with E-state index in [0.29, 0.717) is 6.04 Å². The van der Waals surface area contributed by atoms with E-state index in [0.717, 1.165) is 30.4 Å². The highest BCUT2D eigenvalue weighted by Crippen LogP contribution is 2.63. The molecule has 1 unspecified atom stereocenters. The number of furan rings is 1. The van der Waals surface area contributed by atoms with Crippen LogP contribution in [0.25, 0.3) is 89.0 Å². The van der Waals surface area contributed by atoms with Gasteiger partial charge >= 0.3 is 0 Å². The van der Waals surface area contributed by atoms with Crippen LogP contribution in [-0.4, -0.2) is 6.04 Å². The van der Waals surface area contributed by atoms with Gasteiger partial charge in [-0.25, -0.2) is 0 Å². The lowest BCUT2D eigenvalue weighted by molar-refractivity contribution is 0.560. The van der Waals surface area contributed by atoms with Crippen molar-refractivity contribution in [3.63, 3.8) is 0 Å². The Bertz CT molecular complexity index is 4360. The monoisotopic (exact) mass is 1110 g/mol. The molecule has 1 aromatic heterocycles. The van der Waals surface area contributed by atoms with Crippen LogP contribution < -0.4 is 15.8 Å². The molecule has 3 aliphatic carbocycles. The van der Waals surface area contributed by atoms with Crippen LogP contribution >= 0.6 is 0 Å². The van der Waals surface area contributed by atoms with Crippen LogP contribution in [-0.2, 0) is 18.3 Å². The molecule has 1 N–H and O–H groups in total. The van der Waals surface area contributed by atoms with Crippen molar-refractivity contribution in [1.82, 2.24) is 5.32 Å². The van der Waals surface area contributed by atoms with Crippen LogP contribution in [0.2, 0.25) is 0 Å². The Morgan fingerprint density at radius 3 is 1.92 bits per heavy atom. The molecule has 3 aliphatic rings. The molecular formula is C83H83NO. The fraction of sp³-hybridized carbons (Fsp3) is 0.205. The molecule has 1 spiro atoms. The molecule has 2 heteroatoms. The van der Waals surface area contributed by atoms with Crippen LogP contribution in [0.1, 0.15) is 119 Å². The second-order valence-electron chi connectivity index (χ2n) is 22.4. The SMILES string of the molecule is C=C.C=C/C=c1\c(=C/Cc2cccc3c2-c2ccc(-c4cccc(CCC)c4)cc2C32c3ccccc3-c3ccccc32)c2cccc3oc4cccc1c4c32.C=CC1=C(/C(=C\C)NC(C)CCC)CCC1.CC.Cc1ccc2ccccc2c1. The van der Waals surface area contributed by atoms with E-state index >= 15 is 0 Å². The summed E-state index contributed by atoms with van der Waals surface area (Å²) in [5, 5.41) is 13.5. The number of hydrogen-bond acceptors (Lipinski definition) is 2. The van der Waals surface area contributed by atoms with Gasteiger partial charge in [-0.05, 0) is 187 Å². The Kier molecular flexibility index (Phi) is 18.6. The van der Waals surface area contributed by atoms with Gasteiger partial charge in [-0.2, -0.15) is 0 Å². The third-order valence-corrected chi connectivity index (χ3v) is 17.4. The Morgan fingerprint density at radius 1 is 0.612 bits per heavy atom. The zero-order valence-electron chi connectivity index (χ0n) is 51.3. The van der Waals surface area contributed by atoms with Crippen molar-refractivity contribution >= 4 is 55.6 Å². The summed E-state index contributed by atoms with van der Waals surface area (Å²) in [4.78, 5) is 0. The standard InChI is InChI=1S/C53H38O.C15H25N.C11H10.C2H6.C2H4/c1-3-13-33-15-9-17-35(31-33)36-28-30-43-47(32-36)53(44-22-7-5-18-39(44)40-19-6-8-23-45(40)53)46-24-10-16-34(50(43)46)27-29-38-37(14-4-2)41-20-11-25-48-51(41)52-42(38)21-12-26-49(52)54-48;1-5-9-12(4)16-15(7-3)14-11-8-10-13(14)6-2;1-9-6-7-10-4-2-3-5-11(10)8-9;2*1-2/h4-12,14-26,28-32H,2-3,13,27H2,1H3;6-7,12,16H,2,5,8-11H2,1,3-4H3;2-8H,1H3;1-2H3;1-2H2/b37-14+,38-29+;15-7+;;;. The van der Waals surface area contributed by atoms with Gasteiger partial charge in [0, 0.05) is 22.5 Å². The lowest BCUT2D eigenvalue weighted by Gasteiger charge is -2.31. The molecule has 1 atom stereocenters. The number of benzene rings is 10. The van der Waals surface area contributed by atoms with Gasteiger partial charge in [-0.1, -0.05) is 259 Å². The van der Waals surface area contributed by atoms with Crippen LogP contribution in [0.5, 0.6) is 0 Å². The van der Waals surface area contributed by atoms with E-state index in [1.54, 1.807) is 0 Å². The van der Waals surface area contributed by atoms with Gasteiger partial charge in [0.15, 0.2) is 0 Å². The minimum absolute atomic E-state index is 0.413. The minimum Gasteiger partial charge on any atom is -0.456 e. The average molecular weight is 1110 g/mol. The third kappa shape index (κ3) is 11.1. The maximum atomic E-state index is 6.38. The maximum Gasteiger partial charge on any atom is 0.136 e. The van der Waals surface area contributed by atoms with Crippen LogP contribution in [0, 0.1) is 6.92 Å². The van der Waals surface area contributed by atoms with Crippen molar-refractivity contribution in [2.24, 2.45) is 0 Å². The van der Waals surface area contributed by atoms with E-state index in [2.05, 4.69) is 273 Å². The summed E-state index contributed by atoms with van der Waals surface area (Å²) >= 11 is 0. The number of aryl methyl sites for hydroxylation is 2. The van der Waals surface area contributed by atoms with Gasteiger partial charge in [-0.15, -0.1) is 13.2 Å². The highest BCUT2D eigenvalue weighted by molar-refractivity contribution is 6.22. The van der Waals surface area contributed by atoms with Gasteiger partial charge in [0.1, 0.15) is 11.2 Å². The summed E-state index contributed by atoms with van der Waals surface area (Å²) in [6, 6.07) is 70.0. The van der Waals surface area contributed by atoms with Gasteiger partial charge in [0.2, 0.25) is 0 Å². The fourth-order valence-electron chi connectivity index (χ4n) is 13.9. The van der Waals surface area contributed by atoms with Gasteiger partial charge in [0.05, 0.1) is 5.41 Å². The van der Waals surface area contributed by atoms with Crippen molar-refractivity contribution < 1.29 is 4.42 Å². The normalized spacial score (nSPS) is 14.1. The predicted octanol–water partition coefficient (Wildman–Crippen LogP) is 21.4. The van der Waals surface area contributed by atoms with Crippen LogP contribution in [0.4, 0.5) is 0 Å². The van der Waals surface area contributed by atoms with Crippen molar-refractivity contribution in [3.05, 3.63) is 299 Å². The number of rotatable bonds is 12. The molecule has 426 valence electrons. The maximum absolute atomic E-state index is 6.38. The first kappa shape index (κ1) is 59.2. The molecule has 10 aromatic carbocycles. The van der Waals surface area contributed by atoms with Crippen LogP contribution in [0.3, 0.4) is 0 Å². The Hall–Kier alpha value is -8.98. The summed E-state index contributed by atoms with van der Waals surface area (Å²) in [5.74, 6) is 0. The quantitative estimate of drug-likeness (QED) is 0.0974. The van der Waals surface area contributed by atoms with Gasteiger partial charge < -0.3 is 9.73 Å². The second kappa shape index (κ2) is 26.7. The lowest BCUT2D eigenvalue weighted by atomic mass is 9.70. The first-order chi connectivity index (χ1) is 41.8. The Balaban J connectivity index is 0.000000212. The Morgan fingerprint density at radius 2 is 1.25 bits per heavy atom. The molecule has 85 heavy (non-hydrogen) atoms. The van der Waals surface area contributed by atoms with E-state index in [1.165, 1.54) is 164 Å². The highest BCUT2D eigenvalue weighted by atomic mass is 16.3. The number of fused-ring (bicyclic) bond motifs is 11. The zero-order chi connectivity index (χ0) is 59.6. The number of allylic oxidation sites excluding steroid dienone is 5. The van der Waals surface area contributed by atoms with E-state index in [-0.39, 0.29) is 0 Å². The summed E-state index contributed by atoms with van der Waals surface area (Å²) in [6.07, 6.45) is 19.9. The molecule has 0 saturated carbocycles. The molecule has 14 rings (SSSR count). The summed E-state index contributed by atoms with van der Waals surface area (Å²) in [7, 11) is 0. The molecule has 2 nitrogen and oxygen atoms in total. The molecule has 0 radical (unpaired) electrons. The number of nitrogens with one attached hydrogen (secondary N) is 1. The van der Waals surface area contributed by atoms with E-state index in [1.807, 2.05) is 26.0 Å². The van der Waals surface area contributed by atoms with E-state index in [9.17, 15) is 0 Å². The lowest BCUT2D eigenvalue weighted by Crippen LogP contribution is -2.27. The first-order valence-corrected chi connectivity index (χ1v) is 31.1. The number of hydrogen-bond donors (Lipinski definition) is 1. The summed E-state index contributed by atoms with van der Waals surface area (Å²) < 4.78 is 6.38. The summed E-state index contributed by atoms with van der Waals surface area (Å²) in [6.45, 7) is 29.0. The second-order valence-corrected chi connectivity index (χ2v) is 22.4. The molecule has 1 heterocycles. The highest BCUT2D eigenvalue weighted by Gasteiger charge is 2.52. The molecule has 0 saturated heterocycles. The van der Waals surface area contributed by atoms with Crippen molar-refractivity contribution in [1.29, 1.82) is 0 Å². The van der Waals surface area contributed by atoms with Crippen molar-refractivity contribution in [2.45, 2.75) is 111 Å². The smallest absolute Gasteiger partial charge is 0.136 e. The predicted molar refractivity (Wildman–Crippen MR) is 370 cm³/mol. The minimum atomic E-state index is -0.413. The topological polar surface area (TPSA) is 25.2 Å². The molecule has 0 fully saturated rings. The van der Waals surface area contributed by atoms with Crippen molar-refractivity contribution in [3.8, 4) is 33.4 Å². The molecule has 0 bridgehead atoms. The van der Waals surface area contributed by atoms with E-state index < -0.39 is 5.41 Å².